The average Bonchev–Trinajstić information content (AvgIpc) is 3.21. The predicted molar refractivity (Wildman–Crippen MR) is 93.0 cm³/mol. The number of anilines is 1. The molecule has 0 fully saturated rings. The summed E-state index contributed by atoms with van der Waals surface area (Å²) in [6.45, 7) is 1.37. The lowest BCUT2D eigenvalue weighted by atomic mass is 10.1. The third-order valence-corrected chi connectivity index (χ3v) is 5.38. The van der Waals surface area contributed by atoms with Crippen molar-refractivity contribution in [2.24, 2.45) is 0 Å². The summed E-state index contributed by atoms with van der Waals surface area (Å²) in [5.74, 6) is -0.415. The molecule has 24 heavy (non-hydrogen) atoms. The monoisotopic (exact) mass is 360 g/mol. The molecule has 0 spiro atoms. The fourth-order valence-electron chi connectivity index (χ4n) is 2.92. The maximum atomic E-state index is 11.8. The van der Waals surface area contributed by atoms with Gasteiger partial charge in [0.2, 0.25) is 0 Å². The molecule has 1 N–H and O–H groups in total. The molecule has 0 aliphatic carbocycles. The van der Waals surface area contributed by atoms with E-state index in [9.17, 15) is 9.90 Å². The van der Waals surface area contributed by atoms with Crippen LogP contribution in [0.3, 0.4) is 0 Å². The molecule has 0 amide bonds. The minimum absolute atomic E-state index is 0.0935. The van der Waals surface area contributed by atoms with E-state index < -0.39 is 5.97 Å². The molecule has 7 heteroatoms. The molecule has 5 nitrogen and oxygen atoms in total. The highest BCUT2D eigenvalue weighted by atomic mass is 35.5. The Morgan fingerprint density at radius 2 is 2.08 bits per heavy atom. The van der Waals surface area contributed by atoms with E-state index in [0.29, 0.717) is 22.9 Å². The minimum atomic E-state index is -1.05. The summed E-state index contributed by atoms with van der Waals surface area (Å²) in [6, 6.07) is 8.93. The Balaban J connectivity index is 1.75. The maximum Gasteiger partial charge on any atom is 0.343 e. The Morgan fingerprint density at radius 3 is 2.83 bits per heavy atom. The highest BCUT2D eigenvalue weighted by Gasteiger charge is 2.29. The van der Waals surface area contributed by atoms with Crippen molar-refractivity contribution in [3.8, 4) is 11.3 Å². The van der Waals surface area contributed by atoms with Crippen LogP contribution in [0.4, 0.5) is 5.82 Å². The van der Waals surface area contributed by atoms with Crippen LogP contribution in [-0.2, 0) is 13.0 Å². The van der Waals surface area contributed by atoms with Gasteiger partial charge in [0, 0.05) is 28.6 Å². The van der Waals surface area contributed by atoms with Crippen LogP contribution >= 0.6 is 22.9 Å². The first kappa shape index (κ1) is 15.2. The zero-order valence-corrected chi connectivity index (χ0v) is 14.1. The van der Waals surface area contributed by atoms with Crippen LogP contribution in [0.15, 0.2) is 40.2 Å². The summed E-state index contributed by atoms with van der Waals surface area (Å²) in [7, 11) is 0. The van der Waals surface area contributed by atoms with Crippen LogP contribution in [0.2, 0.25) is 5.02 Å². The van der Waals surface area contributed by atoms with Crippen molar-refractivity contribution >= 4 is 34.7 Å². The second-order valence-corrected chi connectivity index (χ2v) is 7.00. The van der Waals surface area contributed by atoms with E-state index in [1.165, 1.54) is 10.4 Å². The van der Waals surface area contributed by atoms with Gasteiger partial charge in [0.1, 0.15) is 0 Å². The molecule has 0 saturated heterocycles. The molecule has 0 bridgehead atoms. The number of carbonyl (C=O) groups is 1. The summed E-state index contributed by atoms with van der Waals surface area (Å²) in [4.78, 5) is 15.1. The predicted octanol–water partition coefficient (Wildman–Crippen LogP) is 4.32. The third-order valence-electron chi connectivity index (χ3n) is 4.10. The molecule has 0 atom stereocenters. The van der Waals surface area contributed by atoms with Crippen molar-refractivity contribution in [1.29, 1.82) is 0 Å². The van der Waals surface area contributed by atoms with Crippen molar-refractivity contribution in [1.82, 2.24) is 5.16 Å². The van der Waals surface area contributed by atoms with Crippen LogP contribution in [0.5, 0.6) is 0 Å². The fourth-order valence-corrected chi connectivity index (χ4v) is 3.93. The van der Waals surface area contributed by atoms with E-state index in [2.05, 4.69) is 16.6 Å². The molecule has 1 aromatic carbocycles. The summed E-state index contributed by atoms with van der Waals surface area (Å²) >= 11 is 7.63. The quantitative estimate of drug-likeness (QED) is 0.753. The molecule has 3 heterocycles. The maximum absolute atomic E-state index is 11.8. The standard InChI is InChI=1S/C17H13ClN2O3S/c18-12-3-1-10(2-4-12)15-14(17(21)22)16(19-23-15)20-7-5-13-11(9-20)6-8-24-13/h1-4,6,8H,5,7,9H2,(H,21,22). The van der Waals surface area contributed by atoms with Crippen LogP contribution in [-0.4, -0.2) is 22.8 Å². The smallest absolute Gasteiger partial charge is 0.343 e. The van der Waals surface area contributed by atoms with Gasteiger partial charge in [-0.25, -0.2) is 4.79 Å². The molecule has 1 aliphatic rings. The van der Waals surface area contributed by atoms with Crippen molar-refractivity contribution in [3.05, 3.63) is 56.7 Å². The van der Waals surface area contributed by atoms with Crippen LogP contribution < -0.4 is 4.90 Å². The van der Waals surface area contributed by atoms with E-state index in [1.807, 2.05) is 4.90 Å². The number of carboxylic acids is 1. The van der Waals surface area contributed by atoms with Gasteiger partial charge in [-0.15, -0.1) is 11.3 Å². The Labute approximate surface area is 147 Å². The largest absolute Gasteiger partial charge is 0.477 e. The van der Waals surface area contributed by atoms with Gasteiger partial charge in [-0.1, -0.05) is 16.8 Å². The average molecular weight is 361 g/mol. The molecule has 4 rings (SSSR count). The van der Waals surface area contributed by atoms with Crippen LogP contribution in [0.25, 0.3) is 11.3 Å². The van der Waals surface area contributed by atoms with Crippen LogP contribution in [0.1, 0.15) is 20.8 Å². The first-order chi connectivity index (χ1) is 11.6. The highest BCUT2D eigenvalue weighted by Crippen LogP contribution is 2.35. The van der Waals surface area contributed by atoms with Crippen molar-refractivity contribution in [2.45, 2.75) is 13.0 Å². The number of halogens is 1. The van der Waals surface area contributed by atoms with Gasteiger partial charge in [-0.2, -0.15) is 0 Å². The summed E-state index contributed by atoms with van der Waals surface area (Å²) in [6.07, 6.45) is 0.884. The molecular formula is C17H13ClN2O3S. The Kier molecular flexibility index (Phi) is 3.78. The number of hydrogen-bond acceptors (Lipinski definition) is 5. The number of aromatic carboxylic acids is 1. The lowest BCUT2D eigenvalue weighted by Crippen LogP contribution is -2.30. The molecule has 0 unspecified atom stereocenters. The zero-order chi connectivity index (χ0) is 16.7. The van der Waals surface area contributed by atoms with Gasteiger partial charge in [-0.05, 0) is 47.7 Å². The fraction of sp³-hybridized carbons (Fsp3) is 0.176. The van der Waals surface area contributed by atoms with Crippen molar-refractivity contribution in [2.75, 3.05) is 11.4 Å². The summed E-state index contributed by atoms with van der Waals surface area (Å²) in [5.41, 5.74) is 1.96. The van der Waals surface area contributed by atoms with E-state index in [1.54, 1.807) is 35.6 Å². The number of fused-ring (bicyclic) bond motifs is 1. The number of nitrogens with zero attached hydrogens (tertiary/aromatic N) is 2. The number of aromatic nitrogens is 1. The molecule has 3 aromatic rings. The van der Waals surface area contributed by atoms with Gasteiger partial charge in [0.15, 0.2) is 17.1 Å². The number of hydrogen-bond donors (Lipinski definition) is 1. The van der Waals surface area contributed by atoms with E-state index in [0.717, 1.165) is 13.0 Å². The third kappa shape index (κ3) is 2.57. The van der Waals surface area contributed by atoms with Gasteiger partial charge in [0.25, 0.3) is 0 Å². The normalized spacial score (nSPS) is 13.8. The second-order valence-electron chi connectivity index (χ2n) is 5.56. The zero-order valence-electron chi connectivity index (χ0n) is 12.5. The second kappa shape index (κ2) is 5.96. The summed E-state index contributed by atoms with van der Waals surface area (Å²) in [5, 5.41) is 16.4. The van der Waals surface area contributed by atoms with Gasteiger partial charge < -0.3 is 14.5 Å². The molecule has 122 valence electrons. The van der Waals surface area contributed by atoms with Gasteiger partial charge >= 0.3 is 5.97 Å². The van der Waals surface area contributed by atoms with E-state index in [-0.39, 0.29) is 11.3 Å². The Bertz CT molecular complexity index is 901. The van der Waals surface area contributed by atoms with Crippen molar-refractivity contribution in [3.63, 3.8) is 0 Å². The number of benzene rings is 1. The van der Waals surface area contributed by atoms with Crippen molar-refractivity contribution < 1.29 is 14.4 Å². The lowest BCUT2D eigenvalue weighted by Gasteiger charge is -2.26. The first-order valence-corrected chi connectivity index (χ1v) is 8.68. The SMILES string of the molecule is O=C(O)c1c(N2CCc3sccc3C2)noc1-c1ccc(Cl)cc1. The lowest BCUT2D eigenvalue weighted by molar-refractivity contribution is 0.0697. The number of rotatable bonds is 3. The molecular weight excluding hydrogens is 348 g/mol. The summed E-state index contributed by atoms with van der Waals surface area (Å²) < 4.78 is 5.39. The van der Waals surface area contributed by atoms with E-state index in [4.69, 9.17) is 16.1 Å². The van der Waals surface area contributed by atoms with Gasteiger partial charge in [-0.3, -0.25) is 0 Å². The number of carboxylic acid groups (broad SMARTS) is 1. The number of thiophene rings is 1. The minimum Gasteiger partial charge on any atom is -0.477 e. The molecule has 0 saturated carbocycles. The highest BCUT2D eigenvalue weighted by molar-refractivity contribution is 7.10. The van der Waals surface area contributed by atoms with Gasteiger partial charge in [0.05, 0.1) is 0 Å². The Morgan fingerprint density at radius 1 is 1.29 bits per heavy atom. The molecule has 1 aliphatic heterocycles. The topological polar surface area (TPSA) is 66.6 Å². The molecule has 2 aromatic heterocycles. The van der Waals surface area contributed by atoms with E-state index >= 15 is 0 Å². The Hall–Kier alpha value is -2.31. The molecule has 0 radical (unpaired) electrons. The first-order valence-electron chi connectivity index (χ1n) is 7.42. The van der Waals surface area contributed by atoms with Crippen LogP contribution in [0, 0.1) is 0 Å².